The third-order valence-corrected chi connectivity index (χ3v) is 4.37. The SMILES string of the molecule is C[C@H]1C(CO)O[C@@H](O[C@H]2C(CO)O[C@H](O)C(O)[C@@H]2O)C(O)[C@@H]1O. The van der Waals surface area contributed by atoms with Crippen molar-refractivity contribution < 1.29 is 50.0 Å². The van der Waals surface area contributed by atoms with E-state index in [2.05, 4.69) is 0 Å². The number of rotatable bonds is 4. The van der Waals surface area contributed by atoms with Gasteiger partial charge in [0, 0.05) is 5.92 Å². The Labute approximate surface area is 132 Å². The summed E-state index contributed by atoms with van der Waals surface area (Å²) in [6.07, 6.45) is -12.4. The zero-order valence-electron chi connectivity index (χ0n) is 12.5. The van der Waals surface area contributed by atoms with Crippen LogP contribution in [0.15, 0.2) is 0 Å². The average molecular weight is 340 g/mol. The van der Waals surface area contributed by atoms with Gasteiger partial charge in [-0.2, -0.15) is 0 Å². The van der Waals surface area contributed by atoms with Crippen LogP contribution in [0, 0.1) is 5.92 Å². The lowest BCUT2D eigenvalue weighted by molar-refractivity contribution is -0.350. The van der Waals surface area contributed by atoms with Gasteiger partial charge >= 0.3 is 0 Å². The van der Waals surface area contributed by atoms with Crippen molar-refractivity contribution in [2.75, 3.05) is 13.2 Å². The predicted octanol–water partition coefficient (Wildman–Crippen LogP) is -4.12. The van der Waals surface area contributed by atoms with Gasteiger partial charge in [0.2, 0.25) is 0 Å². The van der Waals surface area contributed by atoms with Crippen LogP contribution in [-0.4, -0.2) is 104 Å². The maximum absolute atomic E-state index is 10.0. The topological polar surface area (TPSA) is 169 Å². The van der Waals surface area contributed by atoms with Gasteiger partial charge in [-0.1, -0.05) is 6.92 Å². The fraction of sp³-hybridized carbons (Fsp3) is 1.00. The normalized spacial score (nSPS) is 51.7. The second-order valence-corrected chi connectivity index (χ2v) is 5.90. The van der Waals surface area contributed by atoms with E-state index in [-0.39, 0.29) is 0 Å². The van der Waals surface area contributed by atoms with E-state index in [4.69, 9.17) is 14.2 Å². The fourth-order valence-corrected chi connectivity index (χ4v) is 2.78. The van der Waals surface area contributed by atoms with Gasteiger partial charge in [0.15, 0.2) is 12.6 Å². The van der Waals surface area contributed by atoms with E-state index in [0.29, 0.717) is 0 Å². The van der Waals surface area contributed by atoms with Gasteiger partial charge in [0.1, 0.15) is 30.5 Å². The summed E-state index contributed by atoms with van der Waals surface area (Å²) in [4.78, 5) is 0. The van der Waals surface area contributed by atoms with Gasteiger partial charge in [-0.25, -0.2) is 0 Å². The van der Waals surface area contributed by atoms with Crippen molar-refractivity contribution in [2.45, 2.75) is 62.2 Å². The minimum atomic E-state index is -1.70. The second kappa shape index (κ2) is 7.66. The van der Waals surface area contributed by atoms with E-state index in [1.165, 1.54) is 0 Å². The van der Waals surface area contributed by atoms with Crippen molar-refractivity contribution in [3.05, 3.63) is 0 Å². The molecule has 0 amide bonds. The molecule has 2 heterocycles. The summed E-state index contributed by atoms with van der Waals surface area (Å²) in [6.45, 7) is 0.538. The molecule has 2 rings (SSSR count). The predicted molar refractivity (Wildman–Crippen MR) is 71.8 cm³/mol. The maximum Gasteiger partial charge on any atom is 0.187 e. The number of hydrogen-bond acceptors (Lipinski definition) is 10. The van der Waals surface area contributed by atoms with E-state index >= 15 is 0 Å². The molecule has 10 nitrogen and oxygen atoms in total. The second-order valence-electron chi connectivity index (χ2n) is 5.90. The van der Waals surface area contributed by atoms with E-state index in [0.717, 1.165) is 0 Å². The lowest BCUT2D eigenvalue weighted by Crippen LogP contribution is -2.63. The zero-order valence-corrected chi connectivity index (χ0v) is 12.5. The minimum Gasteiger partial charge on any atom is -0.394 e. The smallest absolute Gasteiger partial charge is 0.187 e. The Bertz CT molecular complexity index is 378. The molecule has 0 aromatic rings. The number of hydrogen-bond donors (Lipinski definition) is 7. The first-order chi connectivity index (χ1) is 10.8. The summed E-state index contributed by atoms with van der Waals surface area (Å²) in [6, 6.07) is 0. The van der Waals surface area contributed by atoms with E-state index < -0.39 is 74.4 Å². The molecule has 2 saturated heterocycles. The molecular formula is C13H24O10. The van der Waals surface area contributed by atoms with Gasteiger partial charge in [-0.15, -0.1) is 0 Å². The molecule has 0 saturated carbocycles. The van der Waals surface area contributed by atoms with Gasteiger partial charge < -0.3 is 50.0 Å². The molecule has 136 valence electrons. The van der Waals surface area contributed by atoms with E-state index in [1.807, 2.05) is 0 Å². The molecule has 2 aliphatic rings. The zero-order chi connectivity index (χ0) is 17.3. The highest BCUT2D eigenvalue weighted by Crippen LogP contribution is 2.30. The van der Waals surface area contributed by atoms with Crippen molar-refractivity contribution in [3.8, 4) is 0 Å². The average Bonchev–Trinajstić information content (AvgIpc) is 2.55. The van der Waals surface area contributed by atoms with Crippen molar-refractivity contribution in [3.63, 3.8) is 0 Å². The van der Waals surface area contributed by atoms with Crippen LogP contribution in [0.1, 0.15) is 6.92 Å². The number of aliphatic hydroxyl groups is 7. The Hall–Kier alpha value is -0.400. The van der Waals surface area contributed by atoms with Crippen LogP contribution >= 0.6 is 0 Å². The van der Waals surface area contributed by atoms with Crippen molar-refractivity contribution in [2.24, 2.45) is 5.92 Å². The minimum absolute atomic E-state index is 0.417. The molecule has 0 aromatic carbocycles. The standard InChI is InChI=1S/C13H24O10/c1-4-5(2-14)22-13(10(19)7(4)16)23-11-6(3-15)21-12(20)9(18)8(11)17/h4-20H,2-3H2,1H3/t4-,5?,6?,7+,8-,9?,10?,11-,12-,13-/m0/s1. The van der Waals surface area contributed by atoms with E-state index in [1.54, 1.807) is 6.92 Å². The highest BCUT2D eigenvalue weighted by atomic mass is 16.7. The van der Waals surface area contributed by atoms with Crippen molar-refractivity contribution in [1.82, 2.24) is 0 Å². The molecule has 10 atom stereocenters. The maximum atomic E-state index is 10.0. The van der Waals surface area contributed by atoms with Crippen LogP contribution < -0.4 is 0 Å². The van der Waals surface area contributed by atoms with E-state index in [9.17, 15) is 35.7 Å². The first-order valence-corrected chi connectivity index (χ1v) is 7.40. The van der Waals surface area contributed by atoms with Crippen LogP contribution in [0.2, 0.25) is 0 Å². The third-order valence-electron chi connectivity index (χ3n) is 4.37. The Morgan fingerprint density at radius 1 is 0.783 bits per heavy atom. The molecular weight excluding hydrogens is 316 g/mol. The molecule has 7 N–H and O–H groups in total. The first kappa shape index (κ1) is 18.9. The first-order valence-electron chi connectivity index (χ1n) is 7.40. The fourth-order valence-electron chi connectivity index (χ4n) is 2.78. The molecule has 0 aromatic heterocycles. The van der Waals surface area contributed by atoms with Crippen LogP contribution in [0.5, 0.6) is 0 Å². The Balaban J connectivity index is 2.11. The summed E-state index contributed by atoms with van der Waals surface area (Å²) in [5.41, 5.74) is 0. The highest BCUT2D eigenvalue weighted by molar-refractivity contribution is 4.92. The lowest BCUT2D eigenvalue weighted by atomic mass is 9.91. The molecule has 10 heteroatoms. The molecule has 0 spiro atoms. The molecule has 0 radical (unpaired) electrons. The molecule has 4 unspecified atom stereocenters. The summed E-state index contributed by atoms with van der Waals surface area (Å²) < 4.78 is 15.7. The van der Waals surface area contributed by atoms with Crippen LogP contribution in [-0.2, 0) is 14.2 Å². The van der Waals surface area contributed by atoms with Crippen LogP contribution in [0.3, 0.4) is 0 Å². The summed E-state index contributed by atoms with van der Waals surface area (Å²) in [7, 11) is 0. The molecule has 2 fully saturated rings. The lowest BCUT2D eigenvalue weighted by Gasteiger charge is -2.45. The molecule has 0 aliphatic carbocycles. The van der Waals surface area contributed by atoms with Gasteiger partial charge in [0.25, 0.3) is 0 Å². The highest BCUT2D eigenvalue weighted by Gasteiger charge is 2.49. The Kier molecular flexibility index (Phi) is 6.30. The summed E-state index contributed by atoms with van der Waals surface area (Å²) >= 11 is 0. The Morgan fingerprint density at radius 2 is 1.39 bits per heavy atom. The van der Waals surface area contributed by atoms with Gasteiger partial charge in [-0.3, -0.25) is 0 Å². The molecule has 23 heavy (non-hydrogen) atoms. The third kappa shape index (κ3) is 3.66. The quantitative estimate of drug-likeness (QED) is 0.267. The van der Waals surface area contributed by atoms with Crippen molar-refractivity contribution in [1.29, 1.82) is 0 Å². The Morgan fingerprint density at radius 3 is 1.96 bits per heavy atom. The summed E-state index contributed by atoms with van der Waals surface area (Å²) in [5.74, 6) is -0.552. The molecule has 0 bridgehead atoms. The van der Waals surface area contributed by atoms with Crippen LogP contribution in [0.4, 0.5) is 0 Å². The number of ether oxygens (including phenoxy) is 3. The summed E-state index contributed by atoms with van der Waals surface area (Å²) in [5, 5.41) is 67.6. The van der Waals surface area contributed by atoms with Gasteiger partial charge in [-0.05, 0) is 0 Å². The molecule has 2 aliphatic heterocycles. The van der Waals surface area contributed by atoms with Crippen molar-refractivity contribution >= 4 is 0 Å². The number of aliphatic hydroxyl groups excluding tert-OH is 7. The monoisotopic (exact) mass is 340 g/mol. The van der Waals surface area contributed by atoms with Crippen LogP contribution in [0.25, 0.3) is 0 Å². The van der Waals surface area contributed by atoms with Gasteiger partial charge in [0.05, 0.1) is 25.4 Å². The largest absolute Gasteiger partial charge is 0.394 e.